The first-order valence-electron chi connectivity index (χ1n) is 4.82. The number of hydrogen-bond acceptors (Lipinski definition) is 4. The lowest BCUT2D eigenvalue weighted by atomic mass is 10.1. The van der Waals surface area contributed by atoms with Crippen molar-refractivity contribution in [2.45, 2.75) is 13.5 Å². The number of nitrogens with zero attached hydrogens (tertiary/aromatic N) is 1. The van der Waals surface area contributed by atoms with Crippen LogP contribution in [0.25, 0.3) is 11.3 Å². The van der Waals surface area contributed by atoms with Crippen LogP contribution in [0.4, 0.5) is 5.69 Å². The summed E-state index contributed by atoms with van der Waals surface area (Å²) >= 11 is 0. The molecule has 0 aromatic carbocycles. The molecular formula is C10H9N3O3. The van der Waals surface area contributed by atoms with Gasteiger partial charge in [0.25, 0.3) is 0 Å². The summed E-state index contributed by atoms with van der Waals surface area (Å²) in [5, 5.41) is 18.5. The Kier molecular flexibility index (Phi) is 1.62. The Labute approximate surface area is 90.3 Å². The van der Waals surface area contributed by atoms with E-state index in [2.05, 4.69) is 15.5 Å². The number of furan rings is 1. The van der Waals surface area contributed by atoms with E-state index in [1.807, 2.05) is 13.0 Å². The van der Waals surface area contributed by atoms with Gasteiger partial charge in [0.1, 0.15) is 17.2 Å². The van der Waals surface area contributed by atoms with Gasteiger partial charge < -0.3 is 14.8 Å². The molecule has 2 aromatic heterocycles. The molecule has 3 N–H and O–H groups in total. The fourth-order valence-corrected chi connectivity index (χ4v) is 1.93. The van der Waals surface area contributed by atoms with E-state index in [4.69, 9.17) is 9.52 Å². The third kappa shape index (κ3) is 1.06. The topological polar surface area (TPSA) is 91.2 Å². The van der Waals surface area contributed by atoms with Crippen LogP contribution in [0.2, 0.25) is 0 Å². The van der Waals surface area contributed by atoms with Crippen LogP contribution in [0.15, 0.2) is 10.5 Å². The number of H-pyrrole nitrogens is 1. The summed E-state index contributed by atoms with van der Waals surface area (Å²) in [6.07, 6.45) is 0. The Morgan fingerprint density at radius 2 is 2.44 bits per heavy atom. The number of aryl methyl sites for hydroxylation is 1. The maximum Gasteiger partial charge on any atom is 0.356 e. The molecule has 6 heteroatoms. The van der Waals surface area contributed by atoms with E-state index in [0.29, 0.717) is 17.9 Å². The molecule has 0 amide bonds. The molecule has 3 heterocycles. The van der Waals surface area contributed by atoms with Crippen molar-refractivity contribution in [1.82, 2.24) is 10.2 Å². The smallest absolute Gasteiger partial charge is 0.356 e. The molecule has 16 heavy (non-hydrogen) atoms. The molecule has 0 saturated heterocycles. The van der Waals surface area contributed by atoms with Gasteiger partial charge in [0.05, 0.1) is 12.2 Å². The van der Waals surface area contributed by atoms with Gasteiger partial charge in [0.2, 0.25) is 0 Å². The first-order chi connectivity index (χ1) is 7.66. The molecule has 2 aromatic rings. The highest BCUT2D eigenvalue weighted by Crippen LogP contribution is 2.37. The zero-order valence-electron chi connectivity index (χ0n) is 8.50. The lowest BCUT2D eigenvalue weighted by Crippen LogP contribution is -2.09. The fraction of sp³-hybridized carbons (Fsp3) is 0.200. The van der Waals surface area contributed by atoms with E-state index in [0.717, 1.165) is 17.1 Å². The number of carbonyl (C=O) groups is 1. The van der Waals surface area contributed by atoms with Crippen LogP contribution in [-0.2, 0) is 6.54 Å². The van der Waals surface area contributed by atoms with Gasteiger partial charge in [-0.2, -0.15) is 5.10 Å². The predicted molar refractivity (Wildman–Crippen MR) is 55.3 cm³/mol. The van der Waals surface area contributed by atoms with Crippen molar-refractivity contribution < 1.29 is 14.3 Å². The Balaban J connectivity index is 2.22. The summed E-state index contributed by atoms with van der Waals surface area (Å²) in [5.74, 6) is 0.554. The van der Waals surface area contributed by atoms with Crippen LogP contribution in [-0.4, -0.2) is 21.3 Å². The number of aromatic carboxylic acids is 1. The number of anilines is 1. The van der Waals surface area contributed by atoms with Gasteiger partial charge in [0.15, 0.2) is 5.69 Å². The van der Waals surface area contributed by atoms with E-state index in [1.165, 1.54) is 0 Å². The third-order valence-corrected chi connectivity index (χ3v) is 2.59. The molecule has 6 nitrogen and oxygen atoms in total. The number of carboxylic acids is 1. The number of aromatic amines is 1. The largest absolute Gasteiger partial charge is 0.476 e. The molecule has 0 spiro atoms. The van der Waals surface area contributed by atoms with Gasteiger partial charge in [-0.25, -0.2) is 4.79 Å². The SMILES string of the molecule is Cc1cc2c(o1)CNc1c-2n[nH]c1C(=O)O. The van der Waals surface area contributed by atoms with Crippen molar-refractivity contribution >= 4 is 11.7 Å². The van der Waals surface area contributed by atoms with Gasteiger partial charge in [-0.3, -0.25) is 5.10 Å². The van der Waals surface area contributed by atoms with Gasteiger partial charge in [-0.05, 0) is 13.0 Å². The zero-order valence-corrected chi connectivity index (χ0v) is 8.50. The number of rotatable bonds is 1. The first kappa shape index (κ1) is 9.02. The number of hydrogen-bond donors (Lipinski definition) is 3. The van der Waals surface area contributed by atoms with Crippen LogP contribution in [0, 0.1) is 6.92 Å². The molecular weight excluding hydrogens is 210 g/mol. The summed E-state index contributed by atoms with van der Waals surface area (Å²) in [7, 11) is 0. The predicted octanol–water partition coefficient (Wildman–Crippen LogP) is 1.60. The molecule has 0 radical (unpaired) electrons. The second-order valence-electron chi connectivity index (χ2n) is 3.67. The highest BCUT2D eigenvalue weighted by molar-refractivity contribution is 5.97. The van der Waals surface area contributed by atoms with Crippen LogP contribution in [0.3, 0.4) is 0 Å². The minimum atomic E-state index is -1.02. The molecule has 0 saturated carbocycles. The standard InChI is InChI=1S/C10H9N3O3/c1-4-2-5-6(16-4)3-11-8-7(5)12-13-9(8)10(14)15/h2,11H,3H2,1H3,(H,12,13)(H,14,15). The fourth-order valence-electron chi connectivity index (χ4n) is 1.93. The second-order valence-corrected chi connectivity index (χ2v) is 3.67. The summed E-state index contributed by atoms with van der Waals surface area (Å²) in [6, 6.07) is 1.86. The van der Waals surface area contributed by atoms with Crippen molar-refractivity contribution in [3.05, 3.63) is 23.3 Å². The van der Waals surface area contributed by atoms with E-state index in [9.17, 15) is 4.79 Å². The lowest BCUT2D eigenvalue weighted by molar-refractivity contribution is 0.0691. The quantitative estimate of drug-likeness (QED) is 0.677. The van der Waals surface area contributed by atoms with E-state index in [1.54, 1.807) is 0 Å². The summed E-state index contributed by atoms with van der Waals surface area (Å²) in [6.45, 7) is 2.33. The Hall–Kier alpha value is -2.24. The third-order valence-electron chi connectivity index (χ3n) is 2.59. The van der Waals surface area contributed by atoms with Crippen LogP contribution >= 0.6 is 0 Å². The van der Waals surface area contributed by atoms with E-state index >= 15 is 0 Å². The maximum absolute atomic E-state index is 10.9. The van der Waals surface area contributed by atoms with Gasteiger partial charge >= 0.3 is 5.97 Å². The molecule has 0 atom stereocenters. The molecule has 1 aliphatic rings. The number of fused-ring (bicyclic) bond motifs is 3. The van der Waals surface area contributed by atoms with E-state index in [-0.39, 0.29) is 5.69 Å². The molecule has 0 aliphatic carbocycles. The normalized spacial score (nSPS) is 12.8. The van der Waals surface area contributed by atoms with Gasteiger partial charge in [-0.15, -0.1) is 0 Å². The van der Waals surface area contributed by atoms with Crippen LogP contribution in [0.1, 0.15) is 22.0 Å². The lowest BCUT2D eigenvalue weighted by Gasteiger charge is -2.12. The van der Waals surface area contributed by atoms with Crippen molar-refractivity contribution in [2.75, 3.05) is 5.32 Å². The maximum atomic E-state index is 10.9. The van der Waals surface area contributed by atoms with E-state index < -0.39 is 5.97 Å². The molecule has 1 aliphatic heterocycles. The van der Waals surface area contributed by atoms with Gasteiger partial charge in [-0.1, -0.05) is 0 Å². The van der Waals surface area contributed by atoms with Crippen molar-refractivity contribution in [3.63, 3.8) is 0 Å². The van der Waals surface area contributed by atoms with Gasteiger partial charge in [0, 0.05) is 5.56 Å². The van der Waals surface area contributed by atoms with Crippen molar-refractivity contribution in [3.8, 4) is 11.3 Å². The Morgan fingerprint density at radius 1 is 1.62 bits per heavy atom. The highest BCUT2D eigenvalue weighted by Gasteiger charge is 2.27. The summed E-state index contributed by atoms with van der Waals surface area (Å²) in [4.78, 5) is 10.9. The summed E-state index contributed by atoms with van der Waals surface area (Å²) < 4.78 is 5.47. The summed E-state index contributed by atoms with van der Waals surface area (Å²) in [5.41, 5.74) is 2.07. The average Bonchev–Trinajstić information content (AvgIpc) is 2.77. The molecule has 82 valence electrons. The molecule has 3 rings (SSSR count). The van der Waals surface area contributed by atoms with Crippen LogP contribution in [0.5, 0.6) is 0 Å². The second kappa shape index (κ2) is 2.88. The first-order valence-corrected chi connectivity index (χ1v) is 4.82. The van der Waals surface area contributed by atoms with Crippen molar-refractivity contribution in [1.29, 1.82) is 0 Å². The minimum absolute atomic E-state index is 0.0829. The Morgan fingerprint density at radius 3 is 3.19 bits per heavy atom. The number of nitrogens with one attached hydrogen (secondary N) is 2. The number of aromatic nitrogens is 2. The highest BCUT2D eigenvalue weighted by atomic mass is 16.4. The average molecular weight is 219 g/mol. The molecule has 0 fully saturated rings. The van der Waals surface area contributed by atoms with Crippen molar-refractivity contribution in [2.24, 2.45) is 0 Å². The minimum Gasteiger partial charge on any atom is -0.476 e. The molecule has 0 unspecified atom stereocenters. The zero-order chi connectivity index (χ0) is 11.3. The number of carboxylic acid groups (broad SMARTS) is 1. The monoisotopic (exact) mass is 219 g/mol. The van der Waals surface area contributed by atoms with Crippen LogP contribution < -0.4 is 5.32 Å². The Bertz CT molecular complexity index is 582. The molecule has 0 bridgehead atoms.